The van der Waals surface area contributed by atoms with Crippen molar-refractivity contribution in [3.63, 3.8) is 0 Å². The van der Waals surface area contributed by atoms with Crippen LogP contribution in [0.15, 0.2) is 12.1 Å². The number of aromatic nitrogens is 3. The number of nitrogens with zero attached hydrogens (tertiary/aromatic N) is 3. The van der Waals surface area contributed by atoms with E-state index >= 15 is 0 Å². The molecule has 0 saturated heterocycles. The second kappa shape index (κ2) is 5.32. The van der Waals surface area contributed by atoms with Crippen molar-refractivity contribution >= 4 is 0 Å². The zero-order valence-corrected chi connectivity index (χ0v) is 11.7. The number of rotatable bonds is 3. The number of methoxy groups -OCH3 is 1. The Labute approximate surface area is 112 Å². The van der Waals surface area contributed by atoms with Gasteiger partial charge in [0.05, 0.1) is 19.2 Å². The van der Waals surface area contributed by atoms with Gasteiger partial charge in [0.15, 0.2) is 5.82 Å². The van der Waals surface area contributed by atoms with Crippen LogP contribution < -0.4 is 10.5 Å². The smallest absolute Gasteiger partial charge is 0.167 e. The summed E-state index contributed by atoms with van der Waals surface area (Å²) in [6.07, 6.45) is 0. The van der Waals surface area contributed by atoms with Gasteiger partial charge in [-0.1, -0.05) is 0 Å². The molecular weight excluding hydrogens is 240 g/mol. The second-order valence-corrected chi connectivity index (χ2v) is 4.46. The van der Waals surface area contributed by atoms with Gasteiger partial charge in [0.25, 0.3) is 0 Å². The van der Waals surface area contributed by atoms with Crippen LogP contribution in [0.2, 0.25) is 0 Å². The van der Waals surface area contributed by atoms with Crippen LogP contribution in [-0.2, 0) is 6.54 Å². The van der Waals surface area contributed by atoms with Gasteiger partial charge in [0.1, 0.15) is 17.4 Å². The van der Waals surface area contributed by atoms with Gasteiger partial charge in [0.2, 0.25) is 0 Å². The molecule has 100 valence electrons. The van der Waals surface area contributed by atoms with Crippen LogP contribution in [0.3, 0.4) is 0 Å². The Kier molecular flexibility index (Phi) is 3.76. The van der Waals surface area contributed by atoms with Crippen LogP contribution in [0.25, 0.3) is 11.4 Å². The van der Waals surface area contributed by atoms with E-state index in [1.54, 1.807) is 7.11 Å². The number of aryl methyl sites for hydroxylation is 3. The molecule has 0 bridgehead atoms. The summed E-state index contributed by atoms with van der Waals surface area (Å²) in [4.78, 5) is 12.9. The third-order valence-electron chi connectivity index (χ3n) is 3.03. The molecule has 1 aromatic heterocycles. The summed E-state index contributed by atoms with van der Waals surface area (Å²) in [5.74, 6) is 2.61. The second-order valence-electron chi connectivity index (χ2n) is 4.46. The largest absolute Gasteiger partial charge is 0.496 e. The summed E-state index contributed by atoms with van der Waals surface area (Å²) in [5.41, 5.74) is 8.81. The number of nitrogens with two attached hydrogens (primary N) is 1. The Hall–Kier alpha value is -2.01. The zero-order chi connectivity index (χ0) is 14.0. The Morgan fingerprint density at radius 1 is 1.05 bits per heavy atom. The number of hydrogen-bond acceptors (Lipinski definition) is 5. The van der Waals surface area contributed by atoms with Crippen LogP contribution in [0.4, 0.5) is 0 Å². The van der Waals surface area contributed by atoms with E-state index in [0.717, 1.165) is 11.3 Å². The molecule has 0 aliphatic carbocycles. The molecule has 1 heterocycles. The molecule has 0 unspecified atom stereocenters. The first-order valence-electron chi connectivity index (χ1n) is 6.12. The van der Waals surface area contributed by atoms with Crippen molar-refractivity contribution in [2.45, 2.75) is 27.3 Å². The lowest BCUT2D eigenvalue weighted by molar-refractivity contribution is 0.415. The van der Waals surface area contributed by atoms with Crippen molar-refractivity contribution in [2.75, 3.05) is 7.11 Å². The maximum atomic E-state index is 5.61. The fourth-order valence-corrected chi connectivity index (χ4v) is 1.88. The standard InChI is InChI=1S/C14H18N4O/c1-8-5-11(12(19-4)6-9(8)2)14-17-10(3)16-13(7-15)18-14/h5-6H,7,15H2,1-4H3. The highest BCUT2D eigenvalue weighted by Gasteiger charge is 2.12. The van der Waals surface area contributed by atoms with Gasteiger partial charge >= 0.3 is 0 Å². The van der Waals surface area contributed by atoms with Crippen LogP contribution in [0.5, 0.6) is 5.75 Å². The molecular formula is C14H18N4O. The fraction of sp³-hybridized carbons (Fsp3) is 0.357. The average molecular weight is 258 g/mol. The molecule has 2 rings (SSSR count). The number of benzene rings is 1. The van der Waals surface area contributed by atoms with Crippen molar-refractivity contribution in [2.24, 2.45) is 5.73 Å². The molecule has 2 aromatic rings. The van der Waals surface area contributed by atoms with Gasteiger partial charge in [-0.3, -0.25) is 0 Å². The molecule has 0 spiro atoms. The lowest BCUT2D eigenvalue weighted by atomic mass is 10.0. The lowest BCUT2D eigenvalue weighted by Gasteiger charge is -2.11. The van der Waals surface area contributed by atoms with Crippen molar-refractivity contribution in [1.82, 2.24) is 15.0 Å². The molecule has 0 amide bonds. The normalized spacial score (nSPS) is 10.6. The van der Waals surface area contributed by atoms with E-state index in [1.165, 1.54) is 11.1 Å². The van der Waals surface area contributed by atoms with Crippen molar-refractivity contribution in [3.8, 4) is 17.1 Å². The van der Waals surface area contributed by atoms with Gasteiger partial charge in [-0.2, -0.15) is 0 Å². The summed E-state index contributed by atoms with van der Waals surface area (Å²) in [6.45, 7) is 6.23. The summed E-state index contributed by atoms with van der Waals surface area (Å²) in [6, 6.07) is 4.02. The van der Waals surface area contributed by atoms with E-state index in [0.29, 0.717) is 24.0 Å². The molecule has 1 aromatic carbocycles. The highest BCUT2D eigenvalue weighted by molar-refractivity contribution is 5.66. The SMILES string of the molecule is COc1cc(C)c(C)cc1-c1nc(C)nc(CN)n1. The highest BCUT2D eigenvalue weighted by atomic mass is 16.5. The van der Waals surface area contributed by atoms with Gasteiger partial charge in [-0.05, 0) is 44.0 Å². The number of ether oxygens (including phenoxy) is 1. The Bertz CT molecular complexity index is 611. The molecule has 19 heavy (non-hydrogen) atoms. The van der Waals surface area contributed by atoms with Gasteiger partial charge < -0.3 is 10.5 Å². The molecule has 0 saturated carbocycles. The first-order chi connectivity index (χ1) is 9.05. The first kappa shape index (κ1) is 13.4. The molecule has 0 aliphatic heterocycles. The molecule has 0 atom stereocenters. The minimum absolute atomic E-state index is 0.295. The topological polar surface area (TPSA) is 73.9 Å². The molecule has 5 nitrogen and oxygen atoms in total. The van der Waals surface area contributed by atoms with Crippen LogP contribution in [0.1, 0.15) is 22.8 Å². The van der Waals surface area contributed by atoms with Gasteiger partial charge in [-0.25, -0.2) is 15.0 Å². The van der Waals surface area contributed by atoms with Gasteiger partial charge in [0, 0.05) is 0 Å². The Morgan fingerprint density at radius 3 is 2.37 bits per heavy atom. The molecule has 0 aliphatic rings. The quantitative estimate of drug-likeness (QED) is 0.910. The Balaban J connectivity index is 2.63. The predicted molar refractivity (Wildman–Crippen MR) is 73.9 cm³/mol. The summed E-state index contributed by atoms with van der Waals surface area (Å²) >= 11 is 0. The van der Waals surface area contributed by atoms with E-state index in [-0.39, 0.29) is 0 Å². The maximum absolute atomic E-state index is 5.61. The highest BCUT2D eigenvalue weighted by Crippen LogP contribution is 2.30. The maximum Gasteiger partial charge on any atom is 0.167 e. The molecule has 0 radical (unpaired) electrons. The average Bonchev–Trinajstić information content (AvgIpc) is 2.40. The summed E-state index contributed by atoms with van der Waals surface area (Å²) in [7, 11) is 1.64. The fourth-order valence-electron chi connectivity index (χ4n) is 1.88. The van der Waals surface area contributed by atoms with Crippen LogP contribution >= 0.6 is 0 Å². The summed E-state index contributed by atoms with van der Waals surface area (Å²) < 4.78 is 5.42. The molecule has 0 fully saturated rings. The zero-order valence-electron chi connectivity index (χ0n) is 11.7. The summed E-state index contributed by atoms with van der Waals surface area (Å²) in [5, 5.41) is 0. The third kappa shape index (κ3) is 2.71. The van der Waals surface area contributed by atoms with E-state index in [4.69, 9.17) is 10.5 Å². The van der Waals surface area contributed by atoms with Gasteiger partial charge in [-0.15, -0.1) is 0 Å². The van der Waals surface area contributed by atoms with Crippen molar-refractivity contribution in [3.05, 3.63) is 34.9 Å². The van der Waals surface area contributed by atoms with Crippen molar-refractivity contribution < 1.29 is 4.74 Å². The van der Waals surface area contributed by atoms with Crippen molar-refractivity contribution in [1.29, 1.82) is 0 Å². The first-order valence-corrected chi connectivity index (χ1v) is 6.12. The van der Waals surface area contributed by atoms with Crippen LogP contribution in [0, 0.1) is 20.8 Å². The monoisotopic (exact) mass is 258 g/mol. The molecule has 5 heteroatoms. The van der Waals surface area contributed by atoms with E-state index in [2.05, 4.69) is 21.9 Å². The molecule has 2 N–H and O–H groups in total. The minimum Gasteiger partial charge on any atom is -0.496 e. The van der Waals surface area contributed by atoms with E-state index < -0.39 is 0 Å². The lowest BCUT2D eigenvalue weighted by Crippen LogP contribution is -2.08. The third-order valence-corrected chi connectivity index (χ3v) is 3.03. The number of hydrogen-bond donors (Lipinski definition) is 1. The van der Waals surface area contributed by atoms with E-state index in [9.17, 15) is 0 Å². The predicted octanol–water partition coefficient (Wildman–Crippen LogP) is 1.93. The minimum atomic E-state index is 0.295. The van der Waals surface area contributed by atoms with E-state index in [1.807, 2.05) is 26.0 Å². The van der Waals surface area contributed by atoms with Crippen LogP contribution in [-0.4, -0.2) is 22.1 Å². The Morgan fingerprint density at radius 2 is 1.74 bits per heavy atom.